The van der Waals surface area contributed by atoms with Gasteiger partial charge in [-0.2, -0.15) is 0 Å². The second-order valence-corrected chi connectivity index (χ2v) is 7.41. The van der Waals surface area contributed by atoms with Gasteiger partial charge in [-0.3, -0.25) is 14.5 Å². The largest absolute Gasteiger partial charge is 0.466 e. The summed E-state index contributed by atoms with van der Waals surface area (Å²) >= 11 is 0. The van der Waals surface area contributed by atoms with Crippen LogP contribution in [0.5, 0.6) is 0 Å². The molecule has 0 aromatic heterocycles. The number of esters is 1. The zero-order chi connectivity index (χ0) is 20.1. The highest BCUT2D eigenvalue weighted by Crippen LogP contribution is 2.22. The predicted molar refractivity (Wildman–Crippen MR) is 106 cm³/mol. The van der Waals surface area contributed by atoms with E-state index < -0.39 is 0 Å². The Kier molecular flexibility index (Phi) is 11.8. The van der Waals surface area contributed by atoms with Crippen LogP contribution in [0.25, 0.3) is 0 Å². The second-order valence-electron chi connectivity index (χ2n) is 7.41. The van der Waals surface area contributed by atoms with Crippen LogP contribution in [0.3, 0.4) is 0 Å². The fraction of sp³-hybridized carbons (Fsp3) is 0.857. The monoisotopic (exact) mass is 382 g/mol. The van der Waals surface area contributed by atoms with Crippen LogP contribution in [0.4, 0.5) is 4.79 Å². The van der Waals surface area contributed by atoms with Crippen molar-refractivity contribution in [1.82, 2.24) is 9.80 Å². The Morgan fingerprint density at radius 2 is 1.56 bits per heavy atom. The highest BCUT2D eigenvalue weighted by Gasteiger charge is 2.41. The van der Waals surface area contributed by atoms with Crippen LogP contribution in [0.15, 0.2) is 0 Å². The van der Waals surface area contributed by atoms with Crippen molar-refractivity contribution in [2.45, 2.75) is 96.9 Å². The molecule has 156 valence electrons. The van der Waals surface area contributed by atoms with Crippen LogP contribution in [0.2, 0.25) is 0 Å². The SMILES string of the molecule is CCCCCCCCN1C(=O)N(C)C(=O)C1CCCCCCC(=O)OCC. The van der Waals surface area contributed by atoms with Crippen molar-refractivity contribution in [2.24, 2.45) is 0 Å². The molecule has 6 heteroatoms. The molecule has 0 bridgehead atoms. The summed E-state index contributed by atoms with van der Waals surface area (Å²) in [5.41, 5.74) is 0. The Labute approximate surface area is 164 Å². The lowest BCUT2D eigenvalue weighted by molar-refractivity contribution is -0.143. The molecule has 0 N–H and O–H groups in total. The first-order valence-electron chi connectivity index (χ1n) is 10.8. The maximum Gasteiger partial charge on any atom is 0.327 e. The lowest BCUT2D eigenvalue weighted by atomic mass is 10.0. The minimum Gasteiger partial charge on any atom is -0.466 e. The molecule has 1 saturated heterocycles. The summed E-state index contributed by atoms with van der Waals surface area (Å²) in [6.07, 6.45) is 11.8. The van der Waals surface area contributed by atoms with E-state index >= 15 is 0 Å². The number of carbonyl (C=O) groups excluding carboxylic acids is 3. The van der Waals surface area contributed by atoms with E-state index in [4.69, 9.17) is 4.74 Å². The highest BCUT2D eigenvalue weighted by atomic mass is 16.5. The van der Waals surface area contributed by atoms with Crippen LogP contribution < -0.4 is 0 Å². The molecule has 0 aromatic rings. The van der Waals surface area contributed by atoms with Crippen LogP contribution in [-0.2, 0) is 14.3 Å². The standard InChI is InChI=1S/C21H38N2O4/c1-4-6-7-8-11-14-17-23-18(20(25)22(3)21(23)26)15-12-9-10-13-16-19(24)27-5-2/h18H,4-17H2,1-3H3. The average Bonchev–Trinajstić information content (AvgIpc) is 2.85. The fourth-order valence-corrected chi connectivity index (χ4v) is 3.56. The summed E-state index contributed by atoms with van der Waals surface area (Å²) < 4.78 is 4.92. The van der Waals surface area contributed by atoms with Crippen molar-refractivity contribution < 1.29 is 19.1 Å². The molecule has 0 spiro atoms. The molecule has 1 unspecified atom stereocenters. The third-order valence-corrected chi connectivity index (χ3v) is 5.19. The first-order valence-corrected chi connectivity index (χ1v) is 10.8. The molecule has 0 aromatic carbocycles. The van der Waals surface area contributed by atoms with Crippen LogP contribution >= 0.6 is 0 Å². The Hall–Kier alpha value is -1.59. The number of carbonyl (C=O) groups is 3. The topological polar surface area (TPSA) is 66.9 Å². The van der Waals surface area contributed by atoms with E-state index in [0.717, 1.165) is 38.5 Å². The van der Waals surface area contributed by atoms with E-state index in [9.17, 15) is 14.4 Å². The van der Waals surface area contributed by atoms with Gasteiger partial charge in [0.2, 0.25) is 0 Å². The van der Waals surface area contributed by atoms with Gasteiger partial charge in [0, 0.05) is 20.0 Å². The summed E-state index contributed by atoms with van der Waals surface area (Å²) in [4.78, 5) is 39.1. The maximum absolute atomic E-state index is 12.4. The third kappa shape index (κ3) is 8.31. The van der Waals surface area contributed by atoms with Gasteiger partial charge >= 0.3 is 12.0 Å². The quantitative estimate of drug-likeness (QED) is 0.237. The number of amides is 3. The molecule has 3 amide bonds. The van der Waals surface area contributed by atoms with Crippen molar-refractivity contribution >= 4 is 17.9 Å². The lowest BCUT2D eigenvalue weighted by Crippen LogP contribution is -2.35. The number of unbranched alkanes of at least 4 members (excludes halogenated alkanes) is 8. The van der Waals surface area contributed by atoms with E-state index in [1.807, 2.05) is 6.92 Å². The summed E-state index contributed by atoms with van der Waals surface area (Å²) in [6.45, 7) is 5.12. The first kappa shape index (κ1) is 23.4. The smallest absolute Gasteiger partial charge is 0.327 e. The number of hydrogen-bond acceptors (Lipinski definition) is 4. The highest BCUT2D eigenvalue weighted by molar-refractivity contribution is 6.03. The molecule has 6 nitrogen and oxygen atoms in total. The number of ether oxygens (including phenoxy) is 1. The minimum atomic E-state index is -0.303. The molecule has 1 rings (SSSR count). The third-order valence-electron chi connectivity index (χ3n) is 5.19. The van der Waals surface area contributed by atoms with Gasteiger partial charge in [-0.05, 0) is 26.2 Å². The normalized spacial score (nSPS) is 17.1. The Bertz CT molecular complexity index is 467. The van der Waals surface area contributed by atoms with Crippen molar-refractivity contribution in [1.29, 1.82) is 0 Å². The minimum absolute atomic E-state index is 0.0718. The Balaban J connectivity index is 2.29. The van der Waals surface area contributed by atoms with Crippen LogP contribution in [-0.4, -0.2) is 53.9 Å². The van der Waals surface area contributed by atoms with E-state index in [1.54, 1.807) is 11.9 Å². The fourth-order valence-electron chi connectivity index (χ4n) is 3.56. The van der Waals surface area contributed by atoms with Crippen molar-refractivity contribution in [3.8, 4) is 0 Å². The summed E-state index contributed by atoms with van der Waals surface area (Å²) in [7, 11) is 1.58. The molecule has 1 aliphatic heterocycles. The average molecular weight is 383 g/mol. The molecule has 1 aliphatic rings. The molecule has 0 aliphatic carbocycles. The lowest BCUT2D eigenvalue weighted by Gasteiger charge is -2.21. The van der Waals surface area contributed by atoms with E-state index in [2.05, 4.69) is 6.92 Å². The van der Waals surface area contributed by atoms with Crippen molar-refractivity contribution in [3.63, 3.8) is 0 Å². The molecule has 1 heterocycles. The van der Waals surface area contributed by atoms with Crippen LogP contribution in [0, 0.1) is 0 Å². The molecular formula is C21H38N2O4. The van der Waals surface area contributed by atoms with Gasteiger partial charge in [0.05, 0.1) is 6.61 Å². The molecule has 0 radical (unpaired) electrons. The van der Waals surface area contributed by atoms with Gasteiger partial charge in [-0.1, -0.05) is 58.3 Å². The van der Waals surface area contributed by atoms with E-state index in [0.29, 0.717) is 26.0 Å². The molecule has 0 saturated carbocycles. The molecule has 27 heavy (non-hydrogen) atoms. The first-order chi connectivity index (χ1) is 13.0. The zero-order valence-electron chi connectivity index (χ0n) is 17.5. The van der Waals surface area contributed by atoms with Gasteiger partial charge in [0.25, 0.3) is 5.91 Å². The Morgan fingerprint density at radius 1 is 0.926 bits per heavy atom. The summed E-state index contributed by atoms with van der Waals surface area (Å²) in [5, 5.41) is 0. The number of urea groups is 1. The van der Waals surface area contributed by atoms with Gasteiger partial charge in [-0.25, -0.2) is 4.79 Å². The van der Waals surface area contributed by atoms with Gasteiger partial charge in [0.1, 0.15) is 6.04 Å². The molecular weight excluding hydrogens is 344 g/mol. The molecule has 1 fully saturated rings. The van der Waals surface area contributed by atoms with Gasteiger partial charge in [-0.15, -0.1) is 0 Å². The van der Waals surface area contributed by atoms with Crippen LogP contribution in [0.1, 0.15) is 90.9 Å². The number of hydrogen-bond donors (Lipinski definition) is 0. The zero-order valence-corrected chi connectivity index (χ0v) is 17.5. The second kappa shape index (κ2) is 13.6. The van der Waals surface area contributed by atoms with Gasteiger partial charge < -0.3 is 9.64 Å². The summed E-state index contributed by atoms with van der Waals surface area (Å²) in [5.74, 6) is -0.210. The van der Waals surface area contributed by atoms with E-state index in [-0.39, 0.29) is 23.9 Å². The predicted octanol–water partition coefficient (Wildman–Crippen LogP) is 4.51. The van der Waals surface area contributed by atoms with Crippen molar-refractivity contribution in [3.05, 3.63) is 0 Å². The number of imide groups is 1. The summed E-state index contributed by atoms with van der Waals surface area (Å²) in [6, 6.07) is -0.455. The van der Waals surface area contributed by atoms with Crippen molar-refractivity contribution in [2.75, 3.05) is 20.2 Å². The van der Waals surface area contributed by atoms with Gasteiger partial charge in [0.15, 0.2) is 0 Å². The number of rotatable bonds is 15. The maximum atomic E-state index is 12.4. The Morgan fingerprint density at radius 3 is 2.26 bits per heavy atom. The van der Waals surface area contributed by atoms with E-state index in [1.165, 1.54) is 30.6 Å². The number of nitrogens with zero attached hydrogens (tertiary/aromatic N) is 2. The number of likely N-dealkylation sites (N-methyl/N-ethyl adjacent to an activating group) is 1. The molecule has 1 atom stereocenters.